The molecular weight excluding hydrogens is 224 g/mol. The van der Waals surface area contributed by atoms with E-state index in [4.69, 9.17) is 4.74 Å². The van der Waals surface area contributed by atoms with Crippen LogP contribution in [0.15, 0.2) is 43.0 Å². The number of carbonyl (C=O) groups excluding carboxylic acids is 1. The van der Waals surface area contributed by atoms with Crippen molar-refractivity contribution < 1.29 is 9.53 Å². The number of hydrogen-bond acceptors (Lipinski definition) is 2. The van der Waals surface area contributed by atoms with Crippen LogP contribution in [0.25, 0.3) is 5.57 Å². The van der Waals surface area contributed by atoms with Crippen LogP contribution in [-0.2, 0) is 4.74 Å². The van der Waals surface area contributed by atoms with Gasteiger partial charge in [0.1, 0.15) is 0 Å². The van der Waals surface area contributed by atoms with E-state index >= 15 is 0 Å². The van der Waals surface area contributed by atoms with E-state index in [2.05, 4.69) is 6.58 Å². The molecule has 1 aromatic rings. The molecule has 2 aliphatic rings. The Morgan fingerprint density at radius 1 is 1.33 bits per heavy atom. The van der Waals surface area contributed by atoms with Gasteiger partial charge in [0.2, 0.25) is 0 Å². The highest BCUT2D eigenvalue weighted by Gasteiger charge is 2.41. The fourth-order valence-electron chi connectivity index (χ4n) is 3.01. The van der Waals surface area contributed by atoms with Gasteiger partial charge < -0.3 is 4.74 Å². The zero-order valence-electron chi connectivity index (χ0n) is 10.3. The molecule has 0 N–H and O–H groups in total. The molecule has 1 unspecified atom stereocenters. The summed E-state index contributed by atoms with van der Waals surface area (Å²) in [7, 11) is 0. The molecule has 92 valence electrons. The smallest absolute Gasteiger partial charge is 0.186 e. The van der Waals surface area contributed by atoms with Crippen LogP contribution in [0.3, 0.4) is 0 Å². The standard InChI is InChI=1S/C16H16O2/c1-2-8-16(9-5-10-18-16)14-11-15(17)13-7-4-3-6-12(13)14/h2-4,6-7,11H,1,5,8-10H2. The molecule has 18 heavy (non-hydrogen) atoms. The van der Waals surface area contributed by atoms with Gasteiger partial charge in [-0.1, -0.05) is 30.3 Å². The number of rotatable bonds is 3. The molecule has 1 atom stereocenters. The molecule has 1 aromatic carbocycles. The minimum atomic E-state index is -0.329. The van der Waals surface area contributed by atoms with E-state index in [1.54, 1.807) is 6.08 Å². The minimum absolute atomic E-state index is 0.0968. The van der Waals surface area contributed by atoms with E-state index in [0.717, 1.165) is 42.6 Å². The van der Waals surface area contributed by atoms with Crippen molar-refractivity contribution in [3.05, 3.63) is 54.1 Å². The van der Waals surface area contributed by atoms with Gasteiger partial charge in [0.05, 0.1) is 5.60 Å². The number of allylic oxidation sites excluding steroid dienone is 1. The Kier molecular flexibility index (Phi) is 2.67. The number of ether oxygens (including phenoxy) is 1. The summed E-state index contributed by atoms with van der Waals surface area (Å²) in [5.74, 6) is 0.0968. The van der Waals surface area contributed by atoms with Crippen LogP contribution in [0, 0.1) is 0 Å². The SMILES string of the molecule is C=CCC1(C2=CC(=O)c3ccccc32)CCCO1. The first-order valence-corrected chi connectivity index (χ1v) is 6.38. The molecule has 0 aromatic heterocycles. The summed E-state index contributed by atoms with van der Waals surface area (Å²) in [6.45, 7) is 4.59. The third kappa shape index (κ3) is 1.57. The van der Waals surface area contributed by atoms with Gasteiger partial charge in [0, 0.05) is 12.2 Å². The molecule has 1 heterocycles. The molecule has 0 radical (unpaired) electrons. The Morgan fingerprint density at radius 3 is 2.78 bits per heavy atom. The second-order valence-electron chi connectivity index (χ2n) is 4.91. The quantitative estimate of drug-likeness (QED) is 0.757. The van der Waals surface area contributed by atoms with Crippen molar-refractivity contribution in [1.29, 1.82) is 0 Å². The molecule has 2 nitrogen and oxygen atoms in total. The molecule has 2 heteroatoms. The largest absolute Gasteiger partial charge is 0.370 e. The Hall–Kier alpha value is -1.67. The molecule has 3 rings (SSSR count). The molecule has 1 aliphatic heterocycles. The summed E-state index contributed by atoms with van der Waals surface area (Å²) in [5, 5.41) is 0. The first-order valence-electron chi connectivity index (χ1n) is 6.38. The number of ketones is 1. The van der Waals surface area contributed by atoms with Gasteiger partial charge in [0.25, 0.3) is 0 Å². The summed E-state index contributed by atoms with van der Waals surface area (Å²) in [6.07, 6.45) is 6.41. The zero-order chi connectivity index (χ0) is 12.6. The third-order valence-electron chi connectivity index (χ3n) is 3.83. The van der Waals surface area contributed by atoms with Gasteiger partial charge >= 0.3 is 0 Å². The van der Waals surface area contributed by atoms with Crippen LogP contribution in [-0.4, -0.2) is 18.0 Å². The van der Waals surface area contributed by atoms with Gasteiger partial charge in [0.15, 0.2) is 5.78 Å². The lowest BCUT2D eigenvalue weighted by Gasteiger charge is -2.29. The molecule has 1 saturated heterocycles. The first-order chi connectivity index (χ1) is 8.77. The predicted molar refractivity (Wildman–Crippen MR) is 71.5 cm³/mol. The van der Waals surface area contributed by atoms with Crippen molar-refractivity contribution in [1.82, 2.24) is 0 Å². The van der Waals surface area contributed by atoms with Crippen molar-refractivity contribution in [2.75, 3.05) is 6.61 Å². The maximum absolute atomic E-state index is 12.0. The average Bonchev–Trinajstić information content (AvgIpc) is 2.97. The van der Waals surface area contributed by atoms with Gasteiger partial charge in [-0.05, 0) is 36.5 Å². The summed E-state index contributed by atoms with van der Waals surface area (Å²) in [5.41, 5.74) is 2.54. The second-order valence-corrected chi connectivity index (χ2v) is 4.91. The van der Waals surface area contributed by atoms with Crippen LogP contribution in [0.2, 0.25) is 0 Å². The minimum Gasteiger partial charge on any atom is -0.370 e. The van der Waals surface area contributed by atoms with Gasteiger partial charge in [-0.15, -0.1) is 6.58 Å². The average molecular weight is 240 g/mol. The second kappa shape index (κ2) is 4.21. The number of fused-ring (bicyclic) bond motifs is 1. The fourth-order valence-corrected chi connectivity index (χ4v) is 3.01. The van der Waals surface area contributed by atoms with Crippen molar-refractivity contribution in [3.8, 4) is 0 Å². The number of hydrogen-bond donors (Lipinski definition) is 0. The van der Waals surface area contributed by atoms with Crippen molar-refractivity contribution in [2.45, 2.75) is 24.9 Å². The van der Waals surface area contributed by atoms with Crippen LogP contribution >= 0.6 is 0 Å². The van der Waals surface area contributed by atoms with Crippen LogP contribution in [0.4, 0.5) is 0 Å². The molecule has 0 amide bonds. The Labute approximate surface area is 107 Å². The Balaban J connectivity index is 2.09. The van der Waals surface area contributed by atoms with Crippen molar-refractivity contribution in [3.63, 3.8) is 0 Å². The molecule has 0 spiro atoms. The Bertz CT molecular complexity index is 534. The summed E-state index contributed by atoms with van der Waals surface area (Å²) < 4.78 is 5.98. The lowest BCUT2D eigenvalue weighted by Crippen LogP contribution is -2.28. The lowest BCUT2D eigenvalue weighted by atomic mass is 9.84. The summed E-state index contributed by atoms with van der Waals surface area (Å²) >= 11 is 0. The normalized spacial score (nSPS) is 26.0. The highest BCUT2D eigenvalue weighted by Crippen LogP contribution is 2.45. The Morgan fingerprint density at radius 2 is 2.11 bits per heavy atom. The predicted octanol–water partition coefficient (Wildman–Crippen LogP) is 3.39. The molecule has 1 aliphatic carbocycles. The van der Waals surface area contributed by atoms with Crippen LogP contribution in [0.1, 0.15) is 35.2 Å². The number of carbonyl (C=O) groups is 1. The highest BCUT2D eigenvalue weighted by molar-refractivity contribution is 6.17. The van der Waals surface area contributed by atoms with Crippen LogP contribution in [0.5, 0.6) is 0 Å². The highest BCUT2D eigenvalue weighted by atomic mass is 16.5. The van der Waals surface area contributed by atoms with E-state index in [-0.39, 0.29) is 11.4 Å². The van der Waals surface area contributed by atoms with Crippen LogP contribution < -0.4 is 0 Å². The maximum atomic E-state index is 12.0. The molecular formula is C16H16O2. The third-order valence-corrected chi connectivity index (χ3v) is 3.83. The monoisotopic (exact) mass is 240 g/mol. The van der Waals surface area contributed by atoms with E-state index in [9.17, 15) is 4.79 Å². The van der Waals surface area contributed by atoms with Crippen molar-refractivity contribution in [2.24, 2.45) is 0 Å². The van der Waals surface area contributed by atoms with Gasteiger partial charge in [-0.25, -0.2) is 0 Å². The van der Waals surface area contributed by atoms with Gasteiger partial charge in [-0.2, -0.15) is 0 Å². The topological polar surface area (TPSA) is 26.3 Å². The molecule has 0 bridgehead atoms. The van der Waals surface area contributed by atoms with E-state index < -0.39 is 0 Å². The van der Waals surface area contributed by atoms with E-state index in [0.29, 0.717) is 0 Å². The maximum Gasteiger partial charge on any atom is 0.186 e. The van der Waals surface area contributed by atoms with Crippen molar-refractivity contribution >= 4 is 11.4 Å². The van der Waals surface area contributed by atoms with E-state index in [1.165, 1.54) is 0 Å². The molecule has 0 saturated carbocycles. The summed E-state index contributed by atoms with van der Waals surface area (Å²) in [4.78, 5) is 12.0. The van der Waals surface area contributed by atoms with Gasteiger partial charge in [-0.3, -0.25) is 4.79 Å². The zero-order valence-corrected chi connectivity index (χ0v) is 10.3. The first kappa shape index (κ1) is 11.4. The van der Waals surface area contributed by atoms with E-state index in [1.807, 2.05) is 30.3 Å². The lowest BCUT2D eigenvalue weighted by molar-refractivity contribution is 0.0566. The summed E-state index contributed by atoms with van der Waals surface area (Å²) in [6, 6.07) is 7.78. The fraction of sp³-hybridized carbons (Fsp3) is 0.312. The molecule has 1 fully saturated rings. The number of benzene rings is 1.